The third-order valence-corrected chi connectivity index (χ3v) is 3.49. The molecule has 0 saturated carbocycles. The van der Waals surface area contributed by atoms with Gasteiger partial charge in [-0.05, 0) is 6.07 Å². The summed E-state index contributed by atoms with van der Waals surface area (Å²) in [6.07, 6.45) is 1.90. The number of thiazole rings is 1. The monoisotopic (exact) mass is 232 g/mol. The maximum absolute atomic E-state index is 5.61. The molecule has 0 spiro atoms. The second-order valence-corrected chi connectivity index (χ2v) is 4.72. The van der Waals surface area contributed by atoms with E-state index in [9.17, 15) is 0 Å². The van der Waals surface area contributed by atoms with Crippen LogP contribution >= 0.6 is 11.3 Å². The Morgan fingerprint density at radius 1 is 1.44 bits per heavy atom. The third-order valence-electron chi connectivity index (χ3n) is 2.71. The minimum absolute atomic E-state index is 0.304. The first-order chi connectivity index (χ1) is 7.93. The lowest BCUT2D eigenvalue weighted by Crippen LogP contribution is -2.21. The molecule has 1 atom stereocenters. The Morgan fingerprint density at radius 3 is 3.25 bits per heavy atom. The Morgan fingerprint density at radius 2 is 2.38 bits per heavy atom. The minimum atomic E-state index is 0.304. The number of rotatable bonds is 3. The van der Waals surface area contributed by atoms with Gasteiger partial charge in [-0.15, -0.1) is 11.3 Å². The zero-order chi connectivity index (χ0) is 10.8. The summed E-state index contributed by atoms with van der Waals surface area (Å²) in [7, 11) is 0. The van der Waals surface area contributed by atoms with Gasteiger partial charge < -0.3 is 10.1 Å². The molecule has 0 aliphatic carbocycles. The van der Waals surface area contributed by atoms with Gasteiger partial charge in [-0.1, -0.05) is 18.2 Å². The molecule has 16 heavy (non-hydrogen) atoms. The van der Waals surface area contributed by atoms with E-state index in [0.29, 0.717) is 6.04 Å². The average Bonchev–Trinajstić information content (AvgIpc) is 2.96. The molecule has 82 valence electrons. The highest BCUT2D eigenvalue weighted by atomic mass is 32.1. The van der Waals surface area contributed by atoms with Gasteiger partial charge in [0.1, 0.15) is 12.4 Å². The molecular weight excluding hydrogens is 220 g/mol. The minimum Gasteiger partial charge on any atom is -0.491 e. The highest BCUT2D eigenvalue weighted by molar-refractivity contribution is 7.09. The molecule has 3 rings (SSSR count). The molecule has 1 aromatic heterocycles. The van der Waals surface area contributed by atoms with Gasteiger partial charge in [0.05, 0.1) is 11.6 Å². The first-order valence-corrected chi connectivity index (χ1v) is 6.14. The maximum Gasteiger partial charge on any atom is 0.124 e. The van der Waals surface area contributed by atoms with Crippen molar-refractivity contribution in [3.8, 4) is 5.75 Å². The van der Waals surface area contributed by atoms with E-state index >= 15 is 0 Å². The lowest BCUT2D eigenvalue weighted by molar-refractivity contribution is 0.311. The van der Waals surface area contributed by atoms with E-state index in [2.05, 4.69) is 22.4 Å². The molecule has 4 heteroatoms. The first kappa shape index (κ1) is 9.81. The van der Waals surface area contributed by atoms with Gasteiger partial charge in [-0.2, -0.15) is 0 Å². The van der Waals surface area contributed by atoms with Crippen LogP contribution in [0.4, 0.5) is 0 Å². The van der Waals surface area contributed by atoms with Gasteiger partial charge in [0, 0.05) is 23.2 Å². The third kappa shape index (κ3) is 1.81. The van der Waals surface area contributed by atoms with Gasteiger partial charge >= 0.3 is 0 Å². The molecule has 1 aliphatic heterocycles. The van der Waals surface area contributed by atoms with Crippen LogP contribution in [0.1, 0.15) is 16.5 Å². The summed E-state index contributed by atoms with van der Waals surface area (Å²) >= 11 is 1.67. The number of para-hydroxylation sites is 1. The Balaban J connectivity index is 1.69. The number of nitrogens with one attached hydrogen (secondary N) is 1. The summed E-state index contributed by atoms with van der Waals surface area (Å²) < 4.78 is 5.61. The molecule has 0 radical (unpaired) electrons. The predicted molar refractivity (Wildman–Crippen MR) is 63.6 cm³/mol. The van der Waals surface area contributed by atoms with Crippen molar-refractivity contribution in [2.45, 2.75) is 12.6 Å². The van der Waals surface area contributed by atoms with E-state index < -0.39 is 0 Å². The van der Waals surface area contributed by atoms with Crippen LogP contribution < -0.4 is 10.1 Å². The van der Waals surface area contributed by atoms with E-state index in [4.69, 9.17) is 4.74 Å². The highest BCUT2D eigenvalue weighted by Gasteiger charge is 2.22. The molecule has 0 saturated heterocycles. The van der Waals surface area contributed by atoms with Crippen molar-refractivity contribution in [2.75, 3.05) is 6.61 Å². The number of benzene rings is 1. The molecule has 0 bridgehead atoms. The number of hydrogen-bond donors (Lipinski definition) is 1. The van der Waals surface area contributed by atoms with Crippen molar-refractivity contribution in [1.29, 1.82) is 0 Å². The fraction of sp³-hybridized carbons (Fsp3) is 0.250. The van der Waals surface area contributed by atoms with Crippen LogP contribution in [-0.2, 0) is 6.54 Å². The number of fused-ring (bicyclic) bond motifs is 1. The largest absolute Gasteiger partial charge is 0.491 e. The topological polar surface area (TPSA) is 34.1 Å². The van der Waals surface area contributed by atoms with Crippen molar-refractivity contribution >= 4 is 11.3 Å². The van der Waals surface area contributed by atoms with Crippen molar-refractivity contribution in [2.24, 2.45) is 0 Å². The van der Waals surface area contributed by atoms with Crippen LogP contribution in [0.25, 0.3) is 0 Å². The molecule has 1 unspecified atom stereocenters. The van der Waals surface area contributed by atoms with Crippen molar-refractivity contribution in [1.82, 2.24) is 10.3 Å². The first-order valence-electron chi connectivity index (χ1n) is 5.26. The number of ether oxygens (including phenoxy) is 1. The van der Waals surface area contributed by atoms with Crippen molar-refractivity contribution in [3.05, 3.63) is 46.4 Å². The number of nitrogens with zero attached hydrogens (tertiary/aromatic N) is 1. The van der Waals surface area contributed by atoms with E-state index in [1.807, 2.05) is 23.8 Å². The summed E-state index contributed by atoms with van der Waals surface area (Å²) in [4.78, 5) is 5.31. The molecule has 2 aromatic rings. The summed E-state index contributed by atoms with van der Waals surface area (Å²) in [5, 5.41) is 3.49. The molecule has 3 nitrogen and oxygen atoms in total. The zero-order valence-electron chi connectivity index (χ0n) is 8.72. The Hall–Kier alpha value is -1.39. The summed E-state index contributed by atoms with van der Waals surface area (Å²) in [6, 6.07) is 8.49. The lowest BCUT2D eigenvalue weighted by atomic mass is 10.1. The lowest BCUT2D eigenvalue weighted by Gasteiger charge is -2.09. The smallest absolute Gasteiger partial charge is 0.124 e. The van der Waals surface area contributed by atoms with Crippen LogP contribution in [0.2, 0.25) is 0 Å². The summed E-state index contributed by atoms with van der Waals surface area (Å²) in [6.45, 7) is 1.57. The molecule has 1 N–H and O–H groups in total. The predicted octanol–water partition coefficient (Wildman–Crippen LogP) is 2.37. The number of aromatic nitrogens is 1. The van der Waals surface area contributed by atoms with Crippen LogP contribution in [-0.4, -0.2) is 11.6 Å². The fourth-order valence-electron chi connectivity index (χ4n) is 1.88. The van der Waals surface area contributed by atoms with Crippen molar-refractivity contribution < 1.29 is 4.74 Å². The molecular formula is C12H12N2OS. The van der Waals surface area contributed by atoms with Gasteiger partial charge in [-0.3, -0.25) is 4.98 Å². The van der Waals surface area contributed by atoms with Crippen molar-refractivity contribution in [3.63, 3.8) is 0 Å². The Bertz CT molecular complexity index is 470. The average molecular weight is 232 g/mol. The second-order valence-electron chi connectivity index (χ2n) is 3.75. The van der Waals surface area contributed by atoms with Crippen LogP contribution in [0.5, 0.6) is 5.75 Å². The summed E-state index contributed by atoms with van der Waals surface area (Å²) in [5.74, 6) is 1.00. The molecule has 0 amide bonds. The molecule has 2 heterocycles. The SMILES string of the molecule is c1ccc2c(c1)OCC2NCc1cncs1. The van der Waals surface area contributed by atoms with E-state index in [1.165, 1.54) is 10.4 Å². The standard InChI is InChI=1S/C12H12N2OS/c1-2-4-12-10(3-1)11(7-15-12)14-6-9-5-13-8-16-9/h1-5,8,11,14H,6-7H2. The van der Waals surface area contributed by atoms with Gasteiger partial charge in [0.15, 0.2) is 0 Å². The van der Waals surface area contributed by atoms with Crippen LogP contribution in [0.15, 0.2) is 36.0 Å². The van der Waals surface area contributed by atoms with E-state index in [0.717, 1.165) is 18.9 Å². The van der Waals surface area contributed by atoms with E-state index in [1.54, 1.807) is 11.3 Å². The van der Waals surface area contributed by atoms with Crippen LogP contribution in [0, 0.1) is 0 Å². The molecule has 0 fully saturated rings. The summed E-state index contributed by atoms with van der Waals surface area (Å²) in [5.41, 5.74) is 3.11. The van der Waals surface area contributed by atoms with Gasteiger partial charge in [-0.25, -0.2) is 0 Å². The molecule has 1 aliphatic rings. The van der Waals surface area contributed by atoms with Crippen LogP contribution in [0.3, 0.4) is 0 Å². The van der Waals surface area contributed by atoms with E-state index in [-0.39, 0.29) is 0 Å². The van der Waals surface area contributed by atoms with Gasteiger partial charge in [0.2, 0.25) is 0 Å². The number of hydrogen-bond acceptors (Lipinski definition) is 4. The second kappa shape index (κ2) is 4.23. The Labute approximate surface area is 98.1 Å². The highest BCUT2D eigenvalue weighted by Crippen LogP contribution is 2.31. The quantitative estimate of drug-likeness (QED) is 0.882. The van der Waals surface area contributed by atoms with Gasteiger partial charge in [0.25, 0.3) is 0 Å². The maximum atomic E-state index is 5.61. The Kier molecular flexibility index (Phi) is 2.60. The molecule has 1 aromatic carbocycles. The zero-order valence-corrected chi connectivity index (χ0v) is 9.54. The fourth-order valence-corrected chi connectivity index (χ4v) is 2.43. The normalized spacial score (nSPS) is 18.1.